The Labute approximate surface area is 142 Å². The molecule has 3 rings (SSSR count). The molecule has 2 amide bonds. The average Bonchev–Trinajstić information content (AvgIpc) is 3.14. The second-order valence-electron chi connectivity index (χ2n) is 5.83. The molecule has 3 N–H and O–H groups in total. The second kappa shape index (κ2) is 6.98. The summed E-state index contributed by atoms with van der Waals surface area (Å²) in [4.78, 5) is 37.0. The smallest absolute Gasteiger partial charge is 0.257 e. The molecule has 2 aromatic heterocycles. The lowest BCUT2D eigenvalue weighted by Gasteiger charge is -2.16. The van der Waals surface area contributed by atoms with E-state index in [-0.39, 0.29) is 25.6 Å². The summed E-state index contributed by atoms with van der Waals surface area (Å²) in [6.07, 6.45) is 4.00. The Morgan fingerprint density at radius 1 is 1.48 bits per heavy atom. The number of H-pyrrole nitrogens is 1. The van der Waals surface area contributed by atoms with Crippen LogP contribution in [0.15, 0.2) is 24.5 Å². The zero-order chi connectivity index (χ0) is 18.0. The predicted octanol–water partition coefficient (Wildman–Crippen LogP) is 0.0935. The number of rotatable bonds is 4. The van der Waals surface area contributed by atoms with Crippen LogP contribution in [0.4, 0.5) is 4.39 Å². The van der Waals surface area contributed by atoms with Crippen LogP contribution in [0.5, 0.6) is 0 Å². The summed E-state index contributed by atoms with van der Waals surface area (Å²) in [5.41, 5.74) is 1.42. The van der Waals surface area contributed by atoms with E-state index in [1.807, 2.05) is 0 Å². The Balaban J connectivity index is 1.75. The van der Waals surface area contributed by atoms with E-state index in [1.165, 1.54) is 17.2 Å². The van der Waals surface area contributed by atoms with Gasteiger partial charge in [0, 0.05) is 18.8 Å². The maximum Gasteiger partial charge on any atom is 0.257 e. The maximum absolute atomic E-state index is 14.2. The molecule has 1 aliphatic rings. The Morgan fingerprint density at radius 2 is 2.28 bits per heavy atom. The van der Waals surface area contributed by atoms with E-state index in [2.05, 4.69) is 20.3 Å². The van der Waals surface area contributed by atoms with Crippen molar-refractivity contribution in [3.05, 3.63) is 35.9 Å². The van der Waals surface area contributed by atoms with Gasteiger partial charge < -0.3 is 20.3 Å². The summed E-state index contributed by atoms with van der Waals surface area (Å²) in [5.74, 6) is -0.236. The standard InChI is InChI=1S/C16H18FN5O3/c1-9-19-12-6-18-5-10(15(12)20-9)16(25)22-7-11(17)13(8-22)21-14(24)3-2-4-23/h2-3,5-6,11,13,23H,4,7-8H2,1H3,(H,19,20)(H,21,24)/b3-2+/t11-,13+/m1/s1. The fourth-order valence-corrected chi connectivity index (χ4v) is 2.84. The molecule has 3 heterocycles. The van der Waals surface area contributed by atoms with Crippen molar-refractivity contribution in [3.8, 4) is 0 Å². The van der Waals surface area contributed by atoms with Crippen molar-refractivity contribution >= 4 is 22.8 Å². The lowest BCUT2D eigenvalue weighted by molar-refractivity contribution is -0.117. The second-order valence-corrected chi connectivity index (χ2v) is 5.83. The highest BCUT2D eigenvalue weighted by Crippen LogP contribution is 2.21. The number of alkyl halides is 1. The molecule has 25 heavy (non-hydrogen) atoms. The van der Waals surface area contributed by atoms with Gasteiger partial charge in [0.05, 0.1) is 36.5 Å². The van der Waals surface area contributed by atoms with Crippen LogP contribution >= 0.6 is 0 Å². The number of aliphatic hydroxyl groups excluding tert-OH is 1. The maximum atomic E-state index is 14.2. The topological polar surface area (TPSA) is 111 Å². The van der Waals surface area contributed by atoms with E-state index in [9.17, 15) is 14.0 Å². The van der Waals surface area contributed by atoms with E-state index in [1.54, 1.807) is 13.1 Å². The van der Waals surface area contributed by atoms with Gasteiger partial charge in [-0.1, -0.05) is 6.08 Å². The first kappa shape index (κ1) is 17.0. The lowest BCUT2D eigenvalue weighted by Crippen LogP contribution is -2.41. The van der Waals surface area contributed by atoms with E-state index in [0.29, 0.717) is 22.4 Å². The van der Waals surface area contributed by atoms with Crippen molar-refractivity contribution in [1.29, 1.82) is 0 Å². The van der Waals surface area contributed by atoms with E-state index in [0.717, 1.165) is 6.08 Å². The van der Waals surface area contributed by atoms with Crippen LogP contribution in [-0.2, 0) is 4.79 Å². The van der Waals surface area contributed by atoms with Crippen molar-refractivity contribution in [2.24, 2.45) is 0 Å². The number of carbonyl (C=O) groups is 2. The number of hydrogen-bond donors (Lipinski definition) is 3. The summed E-state index contributed by atoms with van der Waals surface area (Å²) in [6, 6.07) is -0.798. The van der Waals surface area contributed by atoms with Crippen molar-refractivity contribution in [2.75, 3.05) is 19.7 Å². The third-order valence-electron chi connectivity index (χ3n) is 3.98. The van der Waals surface area contributed by atoms with Gasteiger partial charge in [-0.15, -0.1) is 0 Å². The number of nitrogens with one attached hydrogen (secondary N) is 2. The Bertz CT molecular complexity index is 834. The average molecular weight is 347 g/mol. The third-order valence-corrected chi connectivity index (χ3v) is 3.98. The number of halogens is 1. The highest BCUT2D eigenvalue weighted by Gasteiger charge is 2.37. The molecule has 2 aromatic rings. The number of aromatic amines is 1. The molecule has 1 fully saturated rings. The van der Waals surface area contributed by atoms with Crippen LogP contribution < -0.4 is 5.32 Å². The number of imidazole rings is 1. The predicted molar refractivity (Wildman–Crippen MR) is 87.6 cm³/mol. The molecule has 1 aliphatic heterocycles. The molecule has 0 saturated carbocycles. The third kappa shape index (κ3) is 3.50. The van der Waals surface area contributed by atoms with Crippen LogP contribution in [0.3, 0.4) is 0 Å². The number of amides is 2. The van der Waals surface area contributed by atoms with Crippen molar-refractivity contribution in [2.45, 2.75) is 19.1 Å². The Hall–Kier alpha value is -2.81. The van der Waals surface area contributed by atoms with Gasteiger partial charge in [-0.3, -0.25) is 14.6 Å². The van der Waals surface area contributed by atoms with Gasteiger partial charge in [0.25, 0.3) is 5.91 Å². The normalized spacial score (nSPS) is 20.5. The minimum Gasteiger partial charge on any atom is -0.392 e. The first-order valence-corrected chi connectivity index (χ1v) is 7.81. The Kier molecular flexibility index (Phi) is 4.75. The molecule has 2 atom stereocenters. The van der Waals surface area contributed by atoms with Crippen LogP contribution in [0, 0.1) is 6.92 Å². The van der Waals surface area contributed by atoms with Gasteiger partial charge >= 0.3 is 0 Å². The van der Waals surface area contributed by atoms with E-state index >= 15 is 0 Å². The van der Waals surface area contributed by atoms with Gasteiger partial charge in [-0.25, -0.2) is 9.37 Å². The summed E-state index contributed by atoms with van der Waals surface area (Å²) in [6.45, 7) is 1.43. The summed E-state index contributed by atoms with van der Waals surface area (Å²) < 4.78 is 14.2. The van der Waals surface area contributed by atoms with Crippen molar-refractivity contribution < 1.29 is 19.1 Å². The number of fused-ring (bicyclic) bond motifs is 1. The van der Waals surface area contributed by atoms with Gasteiger partial charge in [-0.05, 0) is 6.92 Å². The molecule has 0 spiro atoms. The number of aryl methyl sites for hydroxylation is 1. The number of aromatic nitrogens is 3. The largest absolute Gasteiger partial charge is 0.392 e. The highest BCUT2D eigenvalue weighted by atomic mass is 19.1. The molecule has 0 radical (unpaired) electrons. The molecular weight excluding hydrogens is 329 g/mol. The van der Waals surface area contributed by atoms with Gasteiger partial charge in [0.1, 0.15) is 17.5 Å². The number of likely N-dealkylation sites (tertiary alicyclic amines) is 1. The quantitative estimate of drug-likeness (QED) is 0.679. The van der Waals surface area contributed by atoms with E-state index < -0.39 is 18.1 Å². The first-order valence-electron chi connectivity index (χ1n) is 7.81. The molecule has 0 unspecified atom stereocenters. The minimum absolute atomic E-state index is 0.0541. The van der Waals surface area contributed by atoms with Gasteiger partial charge in [-0.2, -0.15) is 0 Å². The van der Waals surface area contributed by atoms with Crippen LogP contribution in [0.1, 0.15) is 16.2 Å². The molecule has 132 valence electrons. The summed E-state index contributed by atoms with van der Waals surface area (Å²) in [7, 11) is 0. The minimum atomic E-state index is -1.37. The van der Waals surface area contributed by atoms with Crippen LogP contribution in [0.25, 0.3) is 11.0 Å². The number of hydrogen-bond acceptors (Lipinski definition) is 5. The molecule has 0 aliphatic carbocycles. The fraction of sp³-hybridized carbons (Fsp3) is 0.375. The van der Waals surface area contributed by atoms with Crippen LogP contribution in [0.2, 0.25) is 0 Å². The summed E-state index contributed by atoms with van der Waals surface area (Å²) in [5, 5.41) is 11.1. The molecular formula is C16H18FN5O3. The van der Waals surface area contributed by atoms with Gasteiger partial charge in [0.15, 0.2) is 0 Å². The van der Waals surface area contributed by atoms with E-state index in [4.69, 9.17) is 5.11 Å². The molecule has 8 nitrogen and oxygen atoms in total. The molecule has 0 aromatic carbocycles. The number of pyridine rings is 1. The van der Waals surface area contributed by atoms with Gasteiger partial charge in [0.2, 0.25) is 5.91 Å². The molecule has 0 bridgehead atoms. The number of carbonyl (C=O) groups excluding carboxylic acids is 2. The zero-order valence-electron chi connectivity index (χ0n) is 13.6. The molecule has 1 saturated heterocycles. The Morgan fingerprint density at radius 3 is 3.04 bits per heavy atom. The van der Waals surface area contributed by atoms with Crippen LogP contribution in [-0.4, -0.2) is 68.7 Å². The van der Waals surface area contributed by atoms with Crippen molar-refractivity contribution in [3.63, 3.8) is 0 Å². The lowest BCUT2D eigenvalue weighted by atomic mass is 10.2. The highest BCUT2D eigenvalue weighted by molar-refractivity contribution is 6.04. The molecule has 9 heteroatoms. The number of aliphatic hydroxyl groups is 1. The SMILES string of the molecule is Cc1nc2c(C(=O)N3C[C@@H](F)[C@@H](NC(=O)/C=C/CO)C3)cncc2[nH]1. The first-order chi connectivity index (χ1) is 12.0. The monoisotopic (exact) mass is 347 g/mol. The number of nitrogens with zero attached hydrogens (tertiary/aromatic N) is 3. The summed E-state index contributed by atoms with van der Waals surface area (Å²) >= 11 is 0. The zero-order valence-corrected chi connectivity index (χ0v) is 13.6. The van der Waals surface area contributed by atoms with Crippen molar-refractivity contribution in [1.82, 2.24) is 25.2 Å². The fourth-order valence-electron chi connectivity index (χ4n) is 2.84.